The molecule has 0 aliphatic rings. The molecule has 140 valence electrons. The highest BCUT2D eigenvalue weighted by atomic mass is 79.9. The summed E-state index contributed by atoms with van der Waals surface area (Å²) in [6, 6.07) is 14.3. The lowest BCUT2D eigenvalue weighted by molar-refractivity contribution is -0.131. The minimum absolute atomic E-state index is 0.147. The predicted octanol–water partition coefficient (Wildman–Crippen LogP) is 4.15. The van der Waals surface area contributed by atoms with Crippen molar-refractivity contribution >= 4 is 56.9 Å². The van der Waals surface area contributed by atoms with E-state index in [0.29, 0.717) is 11.4 Å². The van der Waals surface area contributed by atoms with Gasteiger partial charge in [-0.15, -0.1) is 11.8 Å². The molecule has 0 bridgehead atoms. The molecular formula is C19H17BrN2O4S. The fourth-order valence-electron chi connectivity index (χ4n) is 2.03. The summed E-state index contributed by atoms with van der Waals surface area (Å²) in [6.07, 6.45) is 1.71. The lowest BCUT2D eigenvalue weighted by Crippen LogP contribution is -2.22. The summed E-state index contributed by atoms with van der Waals surface area (Å²) >= 11 is 4.74. The van der Waals surface area contributed by atoms with Gasteiger partial charge in [-0.1, -0.05) is 18.2 Å². The van der Waals surface area contributed by atoms with Crippen molar-refractivity contribution in [2.24, 2.45) is 0 Å². The van der Waals surface area contributed by atoms with Gasteiger partial charge in [0.1, 0.15) is 0 Å². The van der Waals surface area contributed by atoms with Crippen molar-refractivity contribution in [1.29, 1.82) is 0 Å². The molecule has 1 unspecified atom stereocenters. The fourth-order valence-corrected chi connectivity index (χ4v) is 3.34. The molecule has 0 aliphatic heterocycles. The molecule has 0 spiro atoms. The highest BCUT2D eigenvalue weighted by Crippen LogP contribution is 2.28. The van der Waals surface area contributed by atoms with E-state index in [-0.39, 0.29) is 11.2 Å². The van der Waals surface area contributed by atoms with Crippen LogP contribution in [0.15, 0.2) is 70.1 Å². The quantitative estimate of drug-likeness (QED) is 0.436. The molecule has 0 saturated carbocycles. The number of para-hydroxylation sites is 1. The number of amides is 2. The number of rotatable bonds is 7. The molecule has 0 aromatic heterocycles. The molecule has 0 saturated heterocycles. The molecular weight excluding hydrogens is 432 g/mol. The number of anilines is 2. The first-order valence-electron chi connectivity index (χ1n) is 7.89. The van der Waals surface area contributed by atoms with Crippen LogP contribution in [0.1, 0.15) is 6.92 Å². The largest absolute Gasteiger partial charge is 0.478 e. The molecule has 27 heavy (non-hydrogen) atoms. The third-order valence-electron chi connectivity index (χ3n) is 3.29. The highest BCUT2D eigenvalue weighted by molar-refractivity contribution is 9.10. The molecule has 0 aliphatic carbocycles. The standard InChI is InChI=1S/C19H17BrN2O4S/c1-12(19(26)22-16-8-3-2-7-15(16)20)27-14-6-4-5-13(11-14)21-17(23)9-10-18(24)25/h2-12H,1H3,(H,21,23)(H,22,26)(H,24,25)/b10-9+. The van der Waals surface area contributed by atoms with E-state index < -0.39 is 11.9 Å². The summed E-state index contributed by atoms with van der Waals surface area (Å²) in [6.45, 7) is 1.79. The first kappa shape index (κ1) is 20.7. The maximum absolute atomic E-state index is 12.4. The van der Waals surface area contributed by atoms with Crippen LogP contribution in [0.5, 0.6) is 0 Å². The Morgan fingerprint density at radius 2 is 1.81 bits per heavy atom. The second-order valence-corrected chi connectivity index (χ2v) is 7.69. The van der Waals surface area contributed by atoms with Crippen LogP contribution in [0.4, 0.5) is 11.4 Å². The summed E-state index contributed by atoms with van der Waals surface area (Å²) in [5, 5.41) is 13.6. The minimum atomic E-state index is -1.20. The number of carboxylic acid groups (broad SMARTS) is 1. The Bertz CT molecular complexity index is 886. The van der Waals surface area contributed by atoms with Crippen LogP contribution in [0.3, 0.4) is 0 Å². The Balaban J connectivity index is 1.98. The smallest absolute Gasteiger partial charge is 0.328 e. The molecule has 2 amide bonds. The van der Waals surface area contributed by atoms with Gasteiger partial charge in [0.2, 0.25) is 11.8 Å². The van der Waals surface area contributed by atoms with Gasteiger partial charge in [0.05, 0.1) is 10.9 Å². The van der Waals surface area contributed by atoms with E-state index >= 15 is 0 Å². The number of halogens is 1. The summed E-state index contributed by atoms with van der Waals surface area (Å²) in [5.74, 6) is -1.88. The normalized spacial score (nSPS) is 11.8. The molecule has 0 heterocycles. The summed E-state index contributed by atoms with van der Waals surface area (Å²) in [5.41, 5.74) is 1.21. The number of carbonyl (C=O) groups excluding carboxylic acids is 2. The monoisotopic (exact) mass is 448 g/mol. The minimum Gasteiger partial charge on any atom is -0.478 e. The summed E-state index contributed by atoms with van der Waals surface area (Å²) < 4.78 is 0.801. The maximum Gasteiger partial charge on any atom is 0.328 e. The molecule has 2 aromatic carbocycles. The SMILES string of the molecule is CC(Sc1cccc(NC(=O)/C=C/C(=O)O)c1)C(=O)Nc1ccccc1Br. The molecule has 3 N–H and O–H groups in total. The van der Waals surface area contributed by atoms with Gasteiger partial charge in [-0.3, -0.25) is 9.59 Å². The number of hydrogen-bond acceptors (Lipinski definition) is 4. The second-order valence-electron chi connectivity index (χ2n) is 5.42. The van der Waals surface area contributed by atoms with Crippen molar-refractivity contribution in [2.75, 3.05) is 10.6 Å². The van der Waals surface area contributed by atoms with Crippen LogP contribution in [0, 0.1) is 0 Å². The maximum atomic E-state index is 12.4. The lowest BCUT2D eigenvalue weighted by Gasteiger charge is -2.13. The van der Waals surface area contributed by atoms with E-state index in [1.54, 1.807) is 31.2 Å². The van der Waals surface area contributed by atoms with Crippen molar-refractivity contribution < 1.29 is 19.5 Å². The predicted molar refractivity (Wildman–Crippen MR) is 110 cm³/mol. The Kier molecular flexibility index (Phi) is 7.63. The first-order chi connectivity index (χ1) is 12.8. The number of aliphatic carboxylic acids is 1. The molecule has 6 nitrogen and oxygen atoms in total. The zero-order chi connectivity index (χ0) is 19.8. The van der Waals surface area contributed by atoms with Crippen molar-refractivity contribution in [2.45, 2.75) is 17.1 Å². The molecule has 2 aromatic rings. The number of carboxylic acids is 1. The van der Waals surface area contributed by atoms with Crippen LogP contribution in [0.2, 0.25) is 0 Å². The van der Waals surface area contributed by atoms with Crippen LogP contribution in [-0.4, -0.2) is 28.1 Å². The van der Waals surface area contributed by atoms with Crippen molar-refractivity contribution in [1.82, 2.24) is 0 Å². The Hall–Kier alpha value is -2.58. The Morgan fingerprint density at radius 1 is 1.07 bits per heavy atom. The number of benzene rings is 2. The average molecular weight is 449 g/mol. The van der Waals surface area contributed by atoms with Crippen molar-refractivity contribution in [3.8, 4) is 0 Å². The summed E-state index contributed by atoms with van der Waals surface area (Å²) in [4.78, 5) is 35.3. The molecule has 1 atom stereocenters. The van der Waals surface area contributed by atoms with E-state index in [2.05, 4.69) is 26.6 Å². The number of carbonyl (C=O) groups is 3. The Labute approximate surface area is 169 Å². The van der Waals surface area contributed by atoms with Crippen LogP contribution in [-0.2, 0) is 14.4 Å². The van der Waals surface area contributed by atoms with Crippen LogP contribution < -0.4 is 10.6 Å². The topological polar surface area (TPSA) is 95.5 Å². The van der Waals surface area contributed by atoms with Gasteiger partial charge in [-0.25, -0.2) is 4.79 Å². The van der Waals surface area contributed by atoms with Crippen molar-refractivity contribution in [3.05, 3.63) is 65.2 Å². The van der Waals surface area contributed by atoms with E-state index in [4.69, 9.17) is 5.11 Å². The average Bonchev–Trinajstić information content (AvgIpc) is 2.62. The first-order valence-corrected chi connectivity index (χ1v) is 9.56. The number of nitrogens with one attached hydrogen (secondary N) is 2. The van der Waals surface area contributed by atoms with E-state index in [1.165, 1.54) is 11.8 Å². The Morgan fingerprint density at radius 3 is 2.52 bits per heavy atom. The zero-order valence-electron chi connectivity index (χ0n) is 14.3. The van der Waals surface area contributed by atoms with E-state index in [0.717, 1.165) is 21.5 Å². The fraction of sp³-hybridized carbons (Fsp3) is 0.105. The van der Waals surface area contributed by atoms with Gasteiger partial charge in [-0.05, 0) is 53.2 Å². The van der Waals surface area contributed by atoms with Crippen molar-refractivity contribution in [3.63, 3.8) is 0 Å². The van der Waals surface area contributed by atoms with E-state index in [1.807, 2.05) is 24.3 Å². The van der Waals surface area contributed by atoms with Crippen LogP contribution >= 0.6 is 27.7 Å². The summed E-state index contributed by atoms with van der Waals surface area (Å²) in [7, 11) is 0. The zero-order valence-corrected chi connectivity index (χ0v) is 16.7. The molecule has 0 fully saturated rings. The third-order valence-corrected chi connectivity index (χ3v) is 5.08. The number of hydrogen-bond donors (Lipinski definition) is 3. The van der Waals surface area contributed by atoms with Gasteiger partial charge in [0, 0.05) is 27.2 Å². The molecule has 2 rings (SSSR count). The van der Waals surface area contributed by atoms with Gasteiger partial charge >= 0.3 is 5.97 Å². The number of thioether (sulfide) groups is 1. The van der Waals surface area contributed by atoms with Crippen LogP contribution in [0.25, 0.3) is 0 Å². The second kappa shape index (κ2) is 9.94. The van der Waals surface area contributed by atoms with Gasteiger partial charge in [0.15, 0.2) is 0 Å². The molecule has 0 radical (unpaired) electrons. The highest BCUT2D eigenvalue weighted by Gasteiger charge is 2.16. The van der Waals surface area contributed by atoms with Gasteiger partial charge < -0.3 is 15.7 Å². The van der Waals surface area contributed by atoms with Gasteiger partial charge in [0.25, 0.3) is 0 Å². The molecule has 8 heteroatoms. The van der Waals surface area contributed by atoms with E-state index in [9.17, 15) is 14.4 Å². The van der Waals surface area contributed by atoms with Gasteiger partial charge in [-0.2, -0.15) is 0 Å². The lowest BCUT2D eigenvalue weighted by atomic mass is 10.3. The third kappa shape index (κ3) is 6.92.